The molecule has 0 atom stereocenters. The highest BCUT2D eigenvalue weighted by Gasteiger charge is 2.96. The lowest BCUT2D eigenvalue weighted by Gasteiger charge is -2.41. The van der Waals surface area contributed by atoms with Crippen LogP contribution in [0.15, 0.2) is 0 Å². The summed E-state index contributed by atoms with van der Waals surface area (Å²) < 4.78 is 404. The van der Waals surface area contributed by atoms with Gasteiger partial charge in [-0.05, 0) is 0 Å². The summed E-state index contributed by atoms with van der Waals surface area (Å²) in [5.41, 5.74) is -3.90. The van der Waals surface area contributed by atoms with Gasteiger partial charge in [0.2, 0.25) is 0 Å². The van der Waals surface area contributed by atoms with E-state index in [9.17, 15) is 141 Å². The molecule has 0 rings (SSSR count). The molecule has 6 nitrogen and oxygen atoms in total. The number of halogens is 30. The Bertz CT molecular complexity index is 1350. The van der Waals surface area contributed by atoms with Crippen molar-refractivity contribution in [1.82, 2.24) is 0 Å². The maximum Gasteiger partial charge on any atom is 0.460 e. The van der Waals surface area contributed by atoms with Gasteiger partial charge in [-0.2, -0.15) is 132 Å². The Balaban J connectivity index is 6.64. The second-order valence-electron chi connectivity index (χ2n) is 10.9. The van der Waals surface area contributed by atoms with Crippen molar-refractivity contribution in [2.45, 2.75) is 83.4 Å². The minimum atomic E-state index is -8.98. The molecule has 0 aliphatic rings. The molecule has 36 heteroatoms. The molecular weight excluding hydrogens is 918 g/mol. The van der Waals surface area contributed by atoms with Crippen LogP contribution in [0.25, 0.3) is 0 Å². The van der Waals surface area contributed by atoms with Gasteiger partial charge < -0.3 is 19.7 Å². The number of rotatable bonds is 18. The second kappa shape index (κ2) is 14.5. The number of aliphatic hydroxyl groups is 2. The van der Waals surface area contributed by atoms with E-state index in [-0.39, 0.29) is 0 Å². The number of esters is 2. The number of hydrogen-bond donors (Lipinski definition) is 2. The minimum absolute atomic E-state index is 2.51. The van der Waals surface area contributed by atoms with Gasteiger partial charge in [-0.25, -0.2) is 9.59 Å². The van der Waals surface area contributed by atoms with Gasteiger partial charge in [-0.15, -0.1) is 0 Å². The Hall–Kier alpha value is -3.24. The van der Waals surface area contributed by atoms with E-state index < -0.39 is 127 Å². The van der Waals surface area contributed by atoms with E-state index in [2.05, 4.69) is 9.47 Å². The van der Waals surface area contributed by atoms with E-state index in [1.54, 1.807) is 0 Å². The van der Waals surface area contributed by atoms with Gasteiger partial charge in [-0.1, -0.05) is 0 Å². The fourth-order valence-corrected chi connectivity index (χ4v) is 3.08. The number of carbonyl (C=O) groups is 2. The molecule has 0 bridgehead atoms. The SMILES string of the molecule is O=C(OCC(CO)(CO)COC(=O)C(F)(F)C(F)(F)C(F)(F)C(F)(F)C(F)(F)C(F)(F)C(F)(F)F)C(F)(F)C(F)(F)C(F)(F)C(F)(F)C(F)(F)C(F)(F)C(F)(F)F. The third-order valence-corrected chi connectivity index (χ3v) is 6.86. The maximum atomic E-state index is 14.0. The highest BCUT2D eigenvalue weighted by Crippen LogP contribution is 2.64. The first kappa shape index (κ1) is 53.8. The molecule has 57 heavy (non-hydrogen) atoms. The summed E-state index contributed by atoms with van der Waals surface area (Å²) in [5, 5.41) is 18.2. The predicted octanol–water partition coefficient (Wildman–Crippen LogP) is 7.79. The van der Waals surface area contributed by atoms with Gasteiger partial charge in [0.15, 0.2) is 0 Å². The zero-order valence-corrected chi connectivity index (χ0v) is 25.2. The topological polar surface area (TPSA) is 93.1 Å². The third-order valence-electron chi connectivity index (χ3n) is 6.86. The first-order valence-corrected chi connectivity index (χ1v) is 12.6. The summed E-state index contributed by atoms with van der Waals surface area (Å²) in [7, 11) is 0. The van der Waals surface area contributed by atoms with Crippen LogP contribution in [0.5, 0.6) is 0 Å². The van der Waals surface area contributed by atoms with Crippen LogP contribution in [0.4, 0.5) is 132 Å². The van der Waals surface area contributed by atoms with Crippen molar-refractivity contribution in [3.05, 3.63) is 0 Å². The Labute approximate surface area is 289 Å². The molecule has 0 amide bonds. The van der Waals surface area contributed by atoms with Gasteiger partial charge in [0.05, 0.1) is 18.6 Å². The molecule has 0 fully saturated rings. The molecule has 0 saturated carbocycles. The zero-order chi connectivity index (χ0) is 46.9. The first-order chi connectivity index (χ1) is 24.4. The number of carbonyl (C=O) groups excluding carboxylic acids is 2. The molecule has 2 N–H and O–H groups in total. The Morgan fingerprint density at radius 1 is 0.316 bits per heavy atom. The lowest BCUT2D eigenvalue weighted by molar-refractivity contribution is -0.450. The molecule has 0 heterocycles. The number of alkyl halides is 30. The lowest BCUT2D eigenvalue weighted by Crippen LogP contribution is -2.73. The van der Waals surface area contributed by atoms with Crippen molar-refractivity contribution in [3.8, 4) is 0 Å². The van der Waals surface area contributed by atoms with Gasteiger partial charge in [0.1, 0.15) is 13.2 Å². The third kappa shape index (κ3) is 7.49. The summed E-state index contributed by atoms with van der Waals surface area (Å²) in [4.78, 5) is 22.9. The van der Waals surface area contributed by atoms with Crippen LogP contribution < -0.4 is 0 Å². The molecule has 0 aliphatic heterocycles. The first-order valence-electron chi connectivity index (χ1n) is 12.6. The Morgan fingerprint density at radius 2 is 0.491 bits per heavy atom. The average Bonchev–Trinajstić information content (AvgIpc) is 3.02. The molecular formula is C21H10F30O6. The zero-order valence-electron chi connectivity index (χ0n) is 25.2. The maximum absolute atomic E-state index is 14.0. The van der Waals surface area contributed by atoms with Crippen molar-refractivity contribution in [1.29, 1.82) is 0 Å². The quantitative estimate of drug-likeness (QED) is 0.108. The molecule has 0 saturated heterocycles. The van der Waals surface area contributed by atoms with Crippen LogP contribution in [0.2, 0.25) is 0 Å². The minimum Gasteiger partial charge on any atom is -0.460 e. The van der Waals surface area contributed by atoms with Gasteiger partial charge in [-0.3, -0.25) is 0 Å². The van der Waals surface area contributed by atoms with E-state index in [4.69, 9.17) is 10.2 Å². The van der Waals surface area contributed by atoms with E-state index in [1.807, 2.05) is 0 Å². The standard InChI is InChI=1S/C21H10F30O6/c22-8(23,10(26,27)12(30,31)14(34,35)16(38,39)18(42,43)20(46,47)48)5(54)56-3-7(1-52,2-53)4-57-6(55)9(24,25)11(28,29)13(32,33)15(36,37)17(40,41)19(44,45)21(49,50)51/h52-53H,1-4H2. The summed E-state index contributed by atoms with van der Waals surface area (Å²) in [6.07, 6.45) is -16.1. The number of ether oxygens (including phenoxy) is 2. The Kier molecular flexibility index (Phi) is 13.7. The summed E-state index contributed by atoms with van der Waals surface area (Å²) in [5.74, 6) is -113. The van der Waals surface area contributed by atoms with Crippen LogP contribution in [-0.4, -0.2) is 132 Å². The van der Waals surface area contributed by atoms with E-state index >= 15 is 0 Å². The molecule has 0 aliphatic carbocycles. The van der Waals surface area contributed by atoms with Gasteiger partial charge >= 0.3 is 95.4 Å². The molecule has 0 spiro atoms. The van der Waals surface area contributed by atoms with E-state index in [1.165, 1.54) is 0 Å². The molecule has 0 radical (unpaired) electrons. The van der Waals surface area contributed by atoms with Crippen LogP contribution in [0.3, 0.4) is 0 Å². The van der Waals surface area contributed by atoms with Crippen molar-refractivity contribution in [3.63, 3.8) is 0 Å². The lowest BCUT2D eigenvalue weighted by atomic mass is 9.90. The predicted molar refractivity (Wildman–Crippen MR) is 110 cm³/mol. The molecule has 0 aromatic heterocycles. The highest BCUT2D eigenvalue weighted by molar-refractivity contribution is 5.80. The summed E-state index contributed by atoms with van der Waals surface area (Å²) >= 11 is 0. The number of aliphatic hydroxyl groups excluding tert-OH is 2. The fraction of sp³-hybridized carbons (Fsp3) is 0.905. The van der Waals surface area contributed by atoms with Crippen LogP contribution >= 0.6 is 0 Å². The van der Waals surface area contributed by atoms with Crippen molar-refractivity contribution in [2.75, 3.05) is 26.4 Å². The molecule has 0 unspecified atom stereocenters. The molecule has 0 aromatic carbocycles. The van der Waals surface area contributed by atoms with E-state index in [0.717, 1.165) is 0 Å². The smallest absolute Gasteiger partial charge is 0.460 e. The molecule has 0 aromatic rings. The second-order valence-corrected chi connectivity index (χ2v) is 10.9. The van der Waals surface area contributed by atoms with Gasteiger partial charge in [0, 0.05) is 0 Å². The largest absolute Gasteiger partial charge is 0.460 e. The Morgan fingerprint density at radius 3 is 0.667 bits per heavy atom. The van der Waals surface area contributed by atoms with Crippen molar-refractivity contribution >= 4 is 11.9 Å². The highest BCUT2D eigenvalue weighted by atomic mass is 19.4. The van der Waals surface area contributed by atoms with Crippen LogP contribution in [0.1, 0.15) is 0 Å². The van der Waals surface area contributed by atoms with Gasteiger partial charge in [0.25, 0.3) is 0 Å². The molecule has 340 valence electrons. The van der Waals surface area contributed by atoms with Crippen molar-refractivity contribution < 1.29 is 161 Å². The summed E-state index contributed by atoms with van der Waals surface area (Å²) in [6.45, 7) is -10.9. The van der Waals surface area contributed by atoms with E-state index in [0.29, 0.717) is 0 Å². The summed E-state index contributed by atoms with van der Waals surface area (Å²) in [6, 6.07) is 0. The van der Waals surface area contributed by atoms with Crippen molar-refractivity contribution in [2.24, 2.45) is 5.41 Å². The number of hydrogen-bond acceptors (Lipinski definition) is 6. The average molecular weight is 928 g/mol. The van der Waals surface area contributed by atoms with Crippen LogP contribution in [-0.2, 0) is 19.1 Å². The normalized spacial score (nSPS) is 16.1. The van der Waals surface area contributed by atoms with Crippen LogP contribution in [0, 0.1) is 5.41 Å². The fourth-order valence-electron chi connectivity index (χ4n) is 3.08. The monoisotopic (exact) mass is 928 g/mol.